The van der Waals surface area contributed by atoms with Crippen molar-refractivity contribution in [2.24, 2.45) is 0 Å². The Morgan fingerprint density at radius 2 is 1.50 bits per heavy atom. The first-order valence-electron chi connectivity index (χ1n) is 8.09. The van der Waals surface area contributed by atoms with Gasteiger partial charge in [0.1, 0.15) is 0 Å². The number of hydrogen-bond acceptors (Lipinski definition) is 2. The lowest BCUT2D eigenvalue weighted by Gasteiger charge is -2.31. The van der Waals surface area contributed by atoms with Crippen LogP contribution in [0, 0.1) is 13.8 Å². The summed E-state index contributed by atoms with van der Waals surface area (Å²) in [4.78, 5) is 12.6. The lowest BCUT2D eigenvalue weighted by Crippen LogP contribution is -2.30. The van der Waals surface area contributed by atoms with Crippen LogP contribution < -0.4 is 0 Å². The number of rotatable bonds is 2. The molecule has 0 saturated carbocycles. The van der Waals surface area contributed by atoms with E-state index in [0.29, 0.717) is 5.56 Å². The largest absolute Gasteiger partial charge is 0.441 e. The van der Waals surface area contributed by atoms with Gasteiger partial charge in [-0.25, -0.2) is 4.79 Å². The summed E-state index contributed by atoms with van der Waals surface area (Å²) in [5.74, 6) is -0.269. The van der Waals surface area contributed by atoms with Crippen LogP contribution in [0.3, 0.4) is 0 Å². The summed E-state index contributed by atoms with van der Waals surface area (Å²) in [7, 11) is 0. The number of aryl methyl sites for hydroxylation is 2. The first-order chi connectivity index (χ1) is 11.6. The highest BCUT2D eigenvalue weighted by Gasteiger charge is 2.48. The summed E-state index contributed by atoms with van der Waals surface area (Å²) in [5.41, 5.74) is 4.95. The highest BCUT2D eigenvalue weighted by molar-refractivity contribution is 5.96. The summed E-state index contributed by atoms with van der Waals surface area (Å²) in [6.07, 6.45) is 0. The highest BCUT2D eigenvalue weighted by Crippen LogP contribution is 2.47. The molecule has 3 aromatic rings. The minimum absolute atomic E-state index is 0.269. The molecule has 0 fully saturated rings. The third-order valence-corrected chi connectivity index (χ3v) is 4.71. The fourth-order valence-corrected chi connectivity index (χ4v) is 3.67. The predicted molar refractivity (Wildman–Crippen MR) is 94.1 cm³/mol. The number of esters is 1. The molecule has 0 saturated heterocycles. The molecule has 0 bridgehead atoms. The Kier molecular flexibility index (Phi) is 3.27. The van der Waals surface area contributed by atoms with Crippen LogP contribution >= 0.6 is 0 Å². The summed E-state index contributed by atoms with van der Waals surface area (Å²) in [5, 5.41) is 0. The molecule has 1 heterocycles. The quantitative estimate of drug-likeness (QED) is 0.637. The normalized spacial score (nSPS) is 19.0. The van der Waals surface area contributed by atoms with Gasteiger partial charge in [-0.15, -0.1) is 0 Å². The van der Waals surface area contributed by atoms with E-state index >= 15 is 0 Å². The smallest absolute Gasteiger partial charge is 0.340 e. The molecule has 4 rings (SSSR count). The minimum atomic E-state index is -0.882. The molecular formula is C22H18O2. The Morgan fingerprint density at radius 1 is 0.792 bits per heavy atom. The zero-order valence-electron chi connectivity index (χ0n) is 13.7. The van der Waals surface area contributed by atoms with Crippen molar-refractivity contribution in [1.82, 2.24) is 0 Å². The van der Waals surface area contributed by atoms with Gasteiger partial charge in [-0.2, -0.15) is 0 Å². The third-order valence-electron chi connectivity index (χ3n) is 4.71. The van der Waals surface area contributed by atoms with Gasteiger partial charge >= 0.3 is 5.97 Å². The second kappa shape index (κ2) is 5.34. The molecule has 1 atom stereocenters. The average molecular weight is 314 g/mol. The molecule has 0 spiro atoms. The van der Waals surface area contributed by atoms with Gasteiger partial charge in [-0.1, -0.05) is 72.3 Å². The molecule has 0 N–H and O–H groups in total. The first-order valence-corrected chi connectivity index (χ1v) is 8.09. The van der Waals surface area contributed by atoms with E-state index in [-0.39, 0.29) is 5.97 Å². The van der Waals surface area contributed by atoms with E-state index in [1.165, 1.54) is 5.56 Å². The minimum Gasteiger partial charge on any atom is -0.441 e. The second-order valence-corrected chi connectivity index (χ2v) is 6.30. The van der Waals surface area contributed by atoms with Crippen molar-refractivity contribution in [3.8, 4) is 0 Å². The van der Waals surface area contributed by atoms with E-state index in [1.54, 1.807) is 0 Å². The van der Waals surface area contributed by atoms with Gasteiger partial charge in [0.2, 0.25) is 0 Å². The third kappa shape index (κ3) is 2.00. The SMILES string of the molecule is Cc1ccc([C@@]2(c3ccccc3)OC(=O)c3ccccc32)c(C)c1. The molecule has 0 aliphatic carbocycles. The zero-order chi connectivity index (χ0) is 16.7. The second-order valence-electron chi connectivity index (χ2n) is 6.30. The number of carbonyl (C=O) groups is 1. The molecule has 0 amide bonds. The molecule has 0 aromatic heterocycles. The summed E-state index contributed by atoms with van der Waals surface area (Å²) < 4.78 is 6.07. The van der Waals surface area contributed by atoms with E-state index in [1.807, 2.05) is 54.6 Å². The van der Waals surface area contributed by atoms with Crippen LogP contribution in [0.5, 0.6) is 0 Å². The first kappa shape index (κ1) is 14.7. The number of carbonyl (C=O) groups excluding carboxylic acids is 1. The zero-order valence-corrected chi connectivity index (χ0v) is 13.7. The maximum atomic E-state index is 12.6. The van der Waals surface area contributed by atoms with Crippen molar-refractivity contribution in [3.05, 3.63) is 106 Å². The van der Waals surface area contributed by atoms with Crippen LogP contribution in [0.4, 0.5) is 0 Å². The molecule has 0 unspecified atom stereocenters. The van der Waals surface area contributed by atoms with E-state index in [4.69, 9.17) is 4.74 Å². The fourth-order valence-electron chi connectivity index (χ4n) is 3.67. The Hall–Kier alpha value is -2.87. The highest BCUT2D eigenvalue weighted by atomic mass is 16.6. The molecule has 1 aliphatic heterocycles. The van der Waals surface area contributed by atoms with Crippen LogP contribution in [0.25, 0.3) is 0 Å². The average Bonchev–Trinajstić information content (AvgIpc) is 2.90. The van der Waals surface area contributed by atoms with Crippen molar-refractivity contribution >= 4 is 5.97 Å². The molecule has 2 heteroatoms. The predicted octanol–water partition coefficient (Wildman–Crippen LogP) is 4.77. The van der Waals surface area contributed by atoms with Gasteiger partial charge in [0, 0.05) is 16.7 Å². The lowest BCUT2D eigenvalue weighted by molar-refractivity contribution is 0.0250. The standard InChI is InChI=1S/C22H18O2/c1-15-12-13-19(16(2)14-15)22(17-8-4-3-5-9-17)20-11-7-6-10-18(20)21(23)24-22/h3-14H,1-2H3/t22-/m1/s1. The van der Waals surface area contributed by atoms with Crippen LogP contribution in [-0.4, -0.2) is 5.97 Å². The van der Waals surface area contributed by atoms with E-state index < -0.39 is 5.60 Å². The number of cyclic esters (lactones) is 1. The number of benzene rings is 3. The van der Waals surface area contributed by atoms with Gasteiger partial charge in [-0.05, 0) is 25.5 Å². The molecule has 0 radical (unpaired) electrons. The summed E-state index contributed by atoms with van der Waals surface area (Å²) >= 11 is 0. The molecule has 1 aliphatic rings. The molecule has 2 nitrogen and oxygen atoms in total. The fraction of sp³-hybridized carbons (Fsp3) is 0.136. The maximum Gasteiger partial charge on any atom is 0.340 e. The molecule has 3 aromatic carbocycles. The molecule has 24 heavy (non-hydrogen) atoms. The summed E-state index contributed by atoms with van der Waals surface area (Å²) in [6.45, 7) is 4.14. The van der Waals surface area contributed by atoms with E-state index in [9.17, 15) is 4.79 Å². The van der Waals surface area contributed by atoms with Crippen LogP contribution in [0.1, 0.15) is 38.2 Å². The van der Waals surface area contributed by atoms with Crippen molar-refractivity contribution in [1.29, 1.82) is 0 Å². The van der Waals surface area contributed by atoms with Crippen molar-refractivity contribution in [2.75, 3.05) is 0 Å². The Balaban J connectivity index is 2.08. The molecular weight excluding hydrogens is 296 g/mol. The van der Waals surface area contributed by atoms with Gasteiger partial charge in [0.25, 0.3) is 0 Å². The Bertz CT molecular complexity index is 928. The van der Waals surface area contributed by atoms with E-state index in [0.717, 1.165) is 22.3 Å². The van der Waals surface area contributed by atoms with Crippen LogP contribution in [0.2, 0.25) is 0 Å². The van der Waals surface area contributed by atoms with Crippen LogP contribution in [0.15, 0.2) is 72.8 Å². The monoisotopic (exact) mass is 314 g/mol. The van der Waals surface area contributed by atoms with Crippen LogP contribution in [-0.2, 0) is 10.3 Å². The van der Waals surface area contributed by atoms with Gasteiger partial charge in [0.05, 0.1) is 5.56 Å². The van der Waals surface area contributed by atoms with Gasteiger partial charge < -0.3 is 4.74 Å². The maximum absolute atomic E-state index is 12.6. The van der Waals surface area contributed by atoms with Crippen molar-refractivity contribution in [3.63, 3.8) is 0 Å². The Morgan fingerprint density at radius 3 is 2.25 bits per heavy atom. The topological polar surface area (TPSA) is 26.3 Å². The number of hydrogen-bond donors (Lipinski definition) is 0. The van der Waals surface area contributed by atoms with E-state index in [2.05, 4.69) is 32.0 Å². The van der Waals surface area contributed by atoms with Gasteiger partial charge in [0.15, 0.2) is 5.60 Å². The number of fused-ring (bicyclic) bond motifs is 1. The Labute approximate surface area is 141 Å². The number of ether oxygens (including phenoxy) is 1. The van der Waals surface area contributed by atoms with Gasteiger partial charge in [-0.3, -0.25) is 0 Å². The summed E-state index contributed by atoms with van der Waals surface area (Å²) in [6, 6.07) is 23.9. The molecule has 118 valence electrons. The van der Waals surface area contributed by atoms with Crippen molar-refractivity contribution in [2.45, 2.75) is 19.4 Å². The lowest BCUT2D eigenvalue weighted by atomic mass is 9.78. The van der Waals surface area contributed by atoms with Crippen molar-refractivity contribution < 1.29 is 9.53 Å².